The van der Waals surface area contributed by atoms with Crippen LogP contribution in [0, 0.1) is 5.92 Å². The van der Waals surface area contributed by atoms with Crippen LogP contribution < -0.4 is 5.32 Å². The summed E-state index contributed by atoms with van der Waals surface area (Å²) in [6, 6.07) is 0. The van der Waals surface area contributed by atoms with Gasteiger partial charge < -0.3 is 5.32 Å². The molecule has 1 N–H and O–H groups in total. The van der Waals surface area contributed by atoms with Gasteiger partial charge in [-0.3, -0.25) is 24.1 Å². The molecular weight excluding hydrogens is 236 g/mol. The molecule has 3 amide bonds. The minimum atomic E-state index is -0.324. The number of imide groups is 1. The van der Waals surface area contributed by atoms with Crippen LogP contribution in [0.3, 0.4) is 0 Å². The molecule has 0 bridgehead atoms. The highest BCUT2D eigenvalue weighted by Crippen LogP contribution is 2.18. The van der Waals surface area contributed by atoms with Crippen LogP contribution in [0.1, 0.15) is 33.1 Å². The molecule has 1 aliphatic heterocycles. The van der Waals surface area contributed by atoms with Gasteiger partial charge in [-0.15, -0.1) is 0 Å². The number of ketones is 1. The first kappa shape index (κ1) is 14.3. The van der Waals surface area contributed by atoms with Crippen molar-refractivity contribution < 1.29 is 19.2 Å². The second-order valence-electron chi connectivity index (χ2n) is 4.57. The van der Waals surface area contributed by atoms with Gasteiger partial charge in [-0.1, -0.05) is 6.92 Å². The largest absolute Gasteiger partial charge is 0.356 e. The molecule has 1 aliphatic rings. The minimum Gasteiger partial charge on any atom is -0.356 e. The van der Waals surface area contributed by atoms with Crippen LogP contribution in [-0.2, 0) is 19.2 Å². The SMILES string of the molecule is CC(=O)CC(=O)NCCCN1C(=O)CC(C)C1=O. The van der Waals surface area contributed by atoms with Crippen LogP contribution in [0.5, 0.6) is 0 Å². The van der Waals surface area contributed by atoms with Gasteiger partial charge in [0.2, 0.25) is 17.7 Å². The van der Waals surface area contributed by atoms with Crippen molar-refractivity contribution in [3.05, 3.63) is 0 Å². The van der Waals surface area contributed by atoms with Crippen molar-refractivity contribution in [2.75, 3.05) is 13.1 Å². The third kappa shape index (κ3) is 3.94. The van der Waals surface area contributed by atoms with Crippen molar-refractivity contribution >= 4 is 23.5 Å². The highest BCUT2D eigenvalue weighted by atomic mass is 16.2. The fourth-order valence-electron chi connectivity index (χ4n) is 1.84. The molecule has 18 heavy (non-hydrogen) atoms. The molecule has 1 saturated heterocycles. The van der Waals surface area contributed by atoms with Crippen LogP contribution in [0.15, 0.2) is 0 Å². The summed E-state index contributed by atoms with van der Waals surface area (Å²) in [5, 5.41) is 2.57. The van der Waals surface area contributed by atoms with Gasteiger partial charge in [-0.25, -0.2) is 0 Å². The summed E-state index contributed by atoms with van der Waals surface area (Å²) in [4.78, 5) is 46.1. The van der Waals surface area contributed by atoms with Crippen molar-refractivity contribution in [1.29, 1.82) is 0 Å². The maximum atomic E-state index is 11.6. The number of rotatable bonds is 6. The summed E-state index contributed by atoms with van der Waals surface area (Å²) >= 11 is 0. The third-order valence-electron chi connectivity index (χ3n) is 2.76. The van der Waals surface area contributed by atoms with Crippen LogP contribution >= 0.6 is 0 Å². The van der Waals surface area contributed by atoms with Gasteiger partial charge in [-0.2, -0.15) is 0 Å². The van der Waals surface area contributed by atoms with Crippen LogP contribution in [0.2, 0.25) is 0 Å². The molecule has 1 atom stereocenters. The van der Waals surface area contributed by atoms with Crippen molar-refractivity contribution in [3.8, 4) is 0 Å². The third-order valence-corrected chi connectivity index (χ3v) is 2.76. The minimum absolute atomic E-state index is 0.126. The molecule has 1 rings (SSSR count). The first-order valence-corrected chi connectivity index (χ1v) is 6.02. The summed E-state index contributed by atoms with van der Waals surface area (Å²) < 4.78 is 0. The highest BCUT2D eigenvalue weighted by Gasteiger charge is 2.34. The Morgan fingerprint density at radius 3 is 2.56 bits per heavy atom. The van der Waals surface area contributed by atoms with E-state index in [-0.39, 0.29) is 42.3 Å². The van der Waals surface area contributed by atoms with Crippen LogP contribution in [0.4, 0.5) is 0 Å². The number of Topliss-reactive ketones (excluding diaryl/α,β-unsaturated/α-hetero) is 1. The zero-order chi connectivity index (χ0) is 13.7. The van der Waals surface area contributed by atoms with E-state index in [2.05, 4.69) is 5.32 Å². The van der Waals surface area contributed by atoms with E-state index in [0.29, 0.717) is 19.5 Å². The second kappa shape index (κ2) is 6.28. The van der Waals surface area contributed by atoms with Crippen molar-refractivity contribution in [2.45, 2.75) is 33.1 Å². The number of nitrogens with zero attached hydrogens (tertiary/aromatic N) is 1. The molecule has 1 unspecified atom stereocenters. The molecular formula is C12H18N2O4. The number of hydrogen-bond donors (Lipinski definition) is 1. The molecule has 6 heteroatoms. The Morgan fingerprint density at radius 2 is 2.06 bits per heavy atom. The summed E-state index contributed by atoms with van der Waals surface area (Å²) in [5.41, 5.74) is 0. The van der Waals surface area contributed by atoms with Crippen LogP contribution in [-0.4, -0.2) is 41.5 Å². The van der Waals surface area contributed by atoms with Gasteiger partial charge in [0.05, 0.1) is 6.42 Å². The van der Waals surface area contributed by atoms with E-state index < -0.39 is 0 Å². The lowest BCUT2D eigenvalue weighted by atomic mass is 10.1. The van der Waals surface area contributed by atoms with Crippen molar-refractivity contribution in [3.63, 3.8) is 0 Å². The number of nitrogens with one attached hydrogen (secondary N) is 1. The Balaban J connectivity index is 2.22. The monoisotopic (exact) mass is 254 g/mol. The molecule has 1 heterocycles. The summed E-state index contributed by atoms with van der Waals surface area (Å²) in [6.45, 7) is 3.76. The topological polar surface area (TPSA) is 83.6 Å². The molecule has 0 aromatic rings. The summed E-state index contributed by atoms with van der Waals surface area (Å²) in [6.07, 6.45) is 0.655. The van der Waals surface area contributed by atoms with Crippen LogP contribution in [0.25, 0.3) is 0 Å². The molecule has 0 saturated carbocycles. The smallest absolute Gasteiger partial charge is 0.232 e. The average Bonchev–Trinajstić information content (AvgIpc) is 2.49. The van der Waals surface area contributed by atoms with Crippen molar-refractivity contribution in [2.24, 2.45) is 5.92 Å². The lowest BCUT2D eigenvalue weighted by Crippen LogP contribution is -2.34. The van der Waals surface area contributed by atoms with E-state index in [1.54, 1.807) is 6.92 Å². The Hall–Kier alpha value is -1.72. The standard InChI is InChI=1S/C12H18N2O4/c1-8-6-11(17)14(12(8)18)5-3-4-13-10(16)7-9(2)15/h8H,3-7H2,1-2H3,(H,13,16). The van der Waals surface area contributed by atoms with E-state index in [1.165, 1.54) is 11.8 Å². The molecule has 0 radical (unpaired) electrons. The van der Waals surface area contributed by atoms with Gasteiger partial charge in [0.25, 0.3) is 0 Å². The fourth-order valence-corrected chi connectivity index (χ4v) is 1.84. The van der Waals surface area contributed by atoms with Crippen molar-refractivity contribution in [1.82, 2.24) is 10.2 Å². The Bertz CT molecular complexity index is 378. The highest BCUT2D eigenvalue weighted by molar-refractivity contribution is 6.03. The van der Waals surface area contributed by atoms with Gasteiger partial charge >= 0.3 is 0 Å². The molecule has 0 spiro atoms. The van der Waals surface area contributed by atoms with E-state index >= 15 is 0 Å². The quantitative estimate of drug-likeness (QED) is 0.406. The number of carbonyl (C=O) groups excluding carboxylic acids is 4. The molecule has 6 nitrogen and oxygen atoms in total. The van der Waals surface area contributed by atoms with Gasteiger partial charge in [-0.05, 0) is 13.3 Å². The van der Waals surface area contributed by atoms with E-state index in [9.17, 15) is 19.2 Å². The van der Waals surface area contributed by atoms with Gasteiger partial charge in [0.15, 0.2) is 0 Å². The lowest BCUT2D eigenvalue weighted by Gasteiger charge is -2.14. The molecule has 0 aromatic carbocycles. The van der Waals surface area contributed by atoms with E-state index in [0.717, 1.165) is 0 Å². The fraction of sp³-hybridized carbons (Fsp3) is 0.667. The van der Waals surface area contributed by atoms with Gasteiger partial charge in [0.1, 0.15) is 5.78 Å². The zero-order valence-electron chi connectivity index (χ0n) is 10.7. The molecule has 1 fully saturated rings. The number of hydrogen-bond acceptors (Lipinski definition) is 4. The predicted octanol–water partition coefficient (Wildman–Crippen LogP) is -0.133. The predicted molar refractivity (Wildman–Crippen MR) is 63.4 cm³/mol. The zero-order valence-corrected chi connectivity index (χ0v) is 10.7. The summed E-state index contributed by atoms with van der Waals surface area (Å²) in [5.74, 6) is -1.04. The second-order valence-corrected chi connectivity index (χ2v) is 4.57. The van der Waals surface area contributed by atoms with Gasteiger partial charge in [0, 0.05) is 25.4 Å². The normalized spacial score (nSPS) is 19.2. The Morgan fingerprint density at radius 1 is 1.39 bits per heavy atom. The summed E-state index contributed by atoms with van der Waals surface area (Å²) in [7, 11) is 0. The van der Waals surface area contributed by atoms with E-state index in [4.69, 9.17) is 0 Å². The Labute approximate surface area is 106 Å². The first-order chi connectivity index (χ1) is 8.41. The number of likely N-dealkylation sites (tertiary alicyclic amines) is 1. The number of amides is 3. The maximum absolute atomic E-state index is 11.6. The average molecular weight is 254 g/mol. The molecule has 100 valence electrons. The number of carbonyl (C=O) groups is 4. The lowest BCUT2D eigenvalue weighted by molar-refractivity contribution is -0.139. The van der Waals surface area contributed by atoms with E-state index in [1.807, 2.05) is 0 Å². The Kier molecular flexibility index (Phi) is 5.00. The molecule has 0 aromatic heterocycles. The maximum Gasteiger partial charge on any atom is 0.232 e. The first-order valence-electron chi connectivity index (χ1n) is 6.02. The molecule has 0 aliphatic carbocycles.